The Hall–Kier alpha value is -3.02. The highest BCUT2D eigenvalue weighted by molar-refractivity contribution is 5.80. The van der Waals surface area contributed by atoms with E-state index in [0.717, 1.165) is 11.3 Å². The van der Waals surface area contributed by atoms with Gasteiger partial charge in [-0.2, -0.15) is 0 Å². The molecular weight excluding hydrogens is 358 g/mol. The summed E-state index contributed by atoms with van der Waals surface area (Å²) < 4.78 is 15.8. The highest BCUT2D eigenvalue weighted by Crippen LogP contribution is 2.17. The number of hydrogen-bond acceptors (Lipinski definition) is 5. The minimum atomic E-state index is -0.401. The quantitative estimate of drug-likeness (QED) is 0.438. The molecule has 0 saturated carbocycles. The van der Waals surface area contributed by atoms with Crippen LogP contribution in [0.5, 0.6) is 11.5 Å². The number of amides is 1. The van der Waals surface area contributed by atoms with Crippen LogP contribution < -0.4 is 9.47 Å². The maximum atomic E-state index is 12.3. The second-order valence-electron chi connectivity index (χ2n) is 6.18. The van der Waals surface area contributed by atoms with Crippen molar-refractivity contribution >= 4 is 11.9 Å². The van der Waals surface area contributed by atoms with Crippen LogP contribution in [0.15, 0.2) is 54.6 Å². The van der Waals surface area contributed by atoms with Gasteiger partial charge in [-0.3, -0.25) is 9.59 Å². The first kappa shape index (κ1) is 21.3. The van der Waals surface area contributed by atoms with Gasteiger partial charge in [-0.05, 0) is 43.2 Å². The molecule has 0 spiro atoms. The second-order valence-corrected chi connectivity index (χ2v) is 6.18. The van der Waals surface area contributed by atoms with Crippen molar-refractivity contribution in [2.45, 2.75) is 26.3 Å². The van der Waals surface area contributed by atoms with Crippen molar-refractivity contribution in [3.8, 4) is 11.5 Å². The Labute approximate surface area is 166 Å². The molecule has 6 nitrogen and oxygen atoms in total. The van der Waals surface area contributed by atoms with E-state index in [1.807, 2.05) is 61.5 Å². The Balaban J connectivity index is 1.64. The summed E-state index contributed by atoms with van der Waals surface area (Å²) in [6.45, 7) is 3.12. The van der Waals surface area contributed by atoms with Gasteiger partial charge in [0.1, 0.15) is 11.5 Å². The molecule has 2 aromatic rings. The lowest BCUT2D eigenvalue weighted by atomic mass is 10.2. The summed E-state index contributed by atoms with van der Waals surface area (Å²) >= 11 is 0. The maximum Gasteiger partial charge on any atom is 0.306 e. The Kier molecular flexibility index (Phi) is 8.85. The number of benzene rings is 2. The van der Waals surface area contributed by atoms with Crippen LogP contribution in [0.2, 0.25) is 0 Å². The highest BCUT2D eigenvalue weighted by atomic mass is 16.5. The van der Waals surface area contributed by atoms with Crippen molar-refractivity contribution in [1.82, 2.24) is 4.90 Å². The molecule has 28 heavy (non-hydrogen) atoms. The number of carbonyl (C=O) groups is 2. The first-order chi connectivity index (χ1) is 13.6. The lowest BCUT2D eigenvalue weighted by molar-refractivity contribution is -0.152. The zero-order chi connectivity index (χ0) is 20.2. The SMILES string of the molecule is CCN(Cc1ccccc1)C(=O)COC(=O)CCCOc1ccc(OC)cc1. The van der Waals surface area contributed by atoms with Crippen LogP contribution in [0.3, 0.4) is 0 Å². The summed E-state index contributed by atoms with van der Waals surface area (Å²) in [5, 5.41) is 0. The number of methoxy groups -OCH3 is 1. The first-order valence-electron chi connectivity index (χ1n) is 9.36. The fourth-order valence-electron chi connectivity index (χ4n) is 2.56. The Morgan fingerprint density at radius 3 is 2.29 bits per heavy atom. The number of nitrogens with zero attached hydrogens (tertiary/aromatic N) is 1. The van der Waals surface area contributed by atoms with E-state index in [4.69, 9.17) is 14.2 Å². The Morgan fingerprint density at radius 1 is 0.964 bits per heavy atom. The van der Waals surface area contributed by atoms with Crippen LogP contribution in [0.1, 0.15) is 25.3 Å². The van der Waals surface area contributed by atoms with Crippen molar-refractivity contribution in [2.75, 3.05) is 26.9 Å². The molecule has 0 aliphatic rings. The lowest BCUT2D eigenvalue weighted by Crippen LogP contribution is -2.34. The van der Waals surface area contributed by atoms with Gasteiger partial charge < -0.3 is 19.1 Å². The van der Waals surface area contributed by atoms with E-state index in [9.17, 15) is 9.59 Å². The molecule has 2 rings (SSSR count). The summed E-state index contributed by atoms with van der Waals surface area (Å²) in [5.41, 5.74) is 1.04. The molecule has 0 atom stereocenters. The van der Waals surface area contributed by atoms with Crippen molar-refractivity contribution < 1.29 is 23.8 Å². The monoisotopic (exact) mass is 385 g/mol. The molecule has 0 unspecified atom stereocenters. The fraction of sp³-hybridized carbons (Fsp3) is 0.364. The van der Waals surface area contributed by atoms with Crippen LogP contribution >= 0.6 is 0 Å². The molecule has 0 aromatic heterocycles. The molecule has 0 aliphatic carbocycles. The van der Waals surface area contributed by atoms with Gasteiger partial charge >= 0.3 is 5.97 Å². The standard InChI is InChI=1S/C22H27NO5/c1-3-23(16-18-8-5-4-6-9-18)21(24)17-28-22(25)10-7-15-27-20-13-11-19(26-2)12-14-20/h4-6,8-9,11-14H,3,7,10,15-17H2,1-2H3. The third kappa shape index (κ3) is 7.31. The van der Waals surface area contributed by atoms with Crippen LogP contribution in [-0.2, 0) is 20.9 Å². The number of likely N-dealkylation sites (N-methyl/N-ethyl adjacent to an activating group) is 1. The molecule has 1 amide bonds. The number of rotatable bonds is 11. The van der Waals surface area contributed by atoms with E-state index in [-0.39, 0.29) is 18.9 Å². The molecule has 2 aromatic carbocycles. The third-order valence-corrected chi connectivity index (χ3v) is 4.16. The number of ether oxygens (including phenoxy) is 3. The molecular formula is C22H27NO5. The van der Waals surface area contributed by atoms with E-state index in [1.165, 1.54) is 0 Å². The van der Waals surface area contributed by atoms with Crippen LogP contribution in [-0.4, -0.2) is 43.6 Å². The molecule has 6 heteroatoms. The smallest absolute Gasteiger partial charge is 0.306 e. The van der Waals surface area contributed by atoms with Gasteiger partial charge in [-0.15, -0.1) is 0 Å². The van der Waals surface area contributed by atoms with Gasteiger partial charge in [0.2, 0.25) is 0 Å². The first-order valence-corrected chi connectivity index (χ1v) is 9.36. The lowest BCUT2D eigenvalue weighted by Gasteiger charge is -2.20. The molecule has 0 aliphatic heterocycles. The predicted octanol–water partition coefficient (Wildman–Crippen LogP) is 3.45. The van der Waals surface area contributed by atoms with Gasteiger partial charge in [0.15, 0.2) is 6.61 Å². The van der Waals surface area contributed by atoms with Crippen molar-refractivity contribution in [3.63, 3.8) is 0 Å². The van der Waals surface area contributed by atoms with Gasteiger partial charge in [0.05, 0.1) is 13.7 Å². The minimum absolute atomic E-state index is 0.200. The van der Waals surface area contributed by atoms with E-state index < -0.39 is 5.97 Å². The van der Waals surface area contributed by atoms with Crippen LogP contribution in [0, 0.1) is 0 Å². The minimum Gasteiger partial charge on any atom is -0.497 e. The number of hydrogen-bond donors (Lipinski definition) is 0. The molecule has 0 bridgehead atoms. The summed E-state index contributed by atoms with van der Waals surface area (Å²) in [5.74, 6) is 0.870. The third-order valence-electron chi connectivity index (χ3n) is 4.16. The van der Waals surface area contributed by atoms with Crippen LogP contribution in [0.4, 0.5) is 0 Å². The predicted molar refractivity (Wildman–Crippen MR) is 106 cm³/mol. The summed E-state index contributed by atoms with van der Waals surface area (Å²) in [7, 11) is 1.60. The highest BCUT2D eigenvalue weighted by Gasteiger charge is 2.14. The van der Waals surface area contributed by atoms with E-state index in [0.29, 0.717) is 31.9 Å². The normalized spacial score (nSPS) is 10.2. The Bertz CT molecular complexity index is 730. The van der Waals surface area contributed by atoms with Gasteiger partial charge in [-0.1, -0.05) is 30.3 Å². The van der Waals surface area contributed by atoms with Crippen molar-refractivity contribution in [1.29, 1.82) is 0 Å². The van der Waals surface area contributed by atoms with Crippen molar-refractivity contribution in [3.05, 3.63) is 60.2 Å². The summed E-state index contributed by atoms with van der Waals surface area (Å²) in [6, 6.07) is 17.0. The Morgan fingerprint density at radius 2 is 1.64 bits per heavy atom. The molecule has 150 valence electrons. The molecule has 0 N–H and O–H groups in total. The van der Waals surface area contributed by atoms with E-state index >= 15 is 0 Å². The van der Waals surface area contributed by atoms with E-state index in [1.54, 1.807) is 12.0 Å². The molecule has 0 fully saturated rings. The molecule has 0 saturated heterocycles. The molecule has 0 radical (unpaired) electrons. The summed E-state index contributed by atoms with van der Waals surface area (Å²) in [6.07, 6.45) is 0.717. The second kappa shape index (κ2) is 11.6. The van der Waals surface area contributed by atoms with Crippen molar-refractivity contribution in [2.24, 2.45) is 0 Å². The van der Waals surface area contributed by atoms with Gasteiger partial charge in [0, 0.05) is 19.5 Å². The topological polar surface area (TPSA) is 65.1 Å². The average Bonchev–Trinajstić information content (AvgIpc) is 2.74. The fourth-order valence-corrected chi connectivity index (χ4v) is 2.56. The maximum absolute atomic E-state index is 12.3. The van der Waals surface area contributed by atoms with E-state index in [2.05, 4.69) is 0 Å². The van der Waals surface area contributed by atoms with Gasteiger partial charge in [-0.25, -0.2) is 0 Å². The largest absolute Gasteiger partial charge is 0.497 e. The zero-order valence-electron chi connectivity index (χ0n) is 16.4. The molecule has 0 heterocycles. The number of carbonyl (C=O) groups excluding carboxylic acids is 2. The summed E-state index contributed by atoms with van der Waals surface area (Å²) in [4.78, 5) is 25.8. The number of esters is 1. The van der Waals surface area contributed by atoms with Gasteiger partial charge in [0.25, 0.3) is 5.91 Å². The average molecular weight is 385 g/mol. The van der Waals surface area contributed by atoms with Crippen LogP contribution in [0.25, 0.3) is 0 Å². The zero-order valence-corrected chi connectivity index (χ0v) is 16.4.